The number of benzene rings is 2. The fraction of sp³-hybridized carbons (Fsp3) is 0.208. The number of rotatable bonds is 5. The van der Waals surface area contributed by atoms with Gasteiger partial charge in [-0.1, -0.05) is 66.7 Å². The molecule has 1 aromatic heterocycles. The standard InChI is InChI=1S/C24H21F3N2/c1-16-3-5-18(6-4-16)17(2)29-23(13-14-23)21-10-7-19(8-11-21)20-9-12-22(28-15-20)24(25,26)27/h3-12,15,29H,2,13-14H2,1H3. The monoisotopic (exact) mass is 394 g/mol. The van der Waals surface area contributed by atoms with Crippen molar-refractivity contribution in [1.82, 2.24) is 10.3 Å². The van der Waals surface area contributed by atoms with E-state index in [0.717, 1.165) is 41.3 Å². The molecule has 0 amide bonds. The summed E-state index contributed by atoms with van der Waals surface area (Å²) in [5.74, 6) is 0. The topological polar surface area (TPSA) is 24.9 Å². The Hall–Kier alpha value is -3.08. The number of pyridine rings is 1. The minimum atomic E-state index is -4.42. The Bertz CT molecular complexity index is 1010. The van der Waals surface area contributed by atoms with Crippen LogP contribution in [0.2, 0.25) is 0 Å². The molecule has 1 heterocycles. The predicted molar refractivity (Wildman–Crippen MR) is 109 cm³/mol. The molecule has 148 valence electrons. The fourth-order valence-corrected chi connectivity index (χ4v) is 3.44. The van der Waals surface area contributed by atoms with Crippen LogP contribution in [0.3, 0.4) is 0 Å². The second-order valence-electron chi connectivity index (χ2n) is 7.56. The van der Waals surface area contributed by atoms with E-state index in [1.165, 1.54) is 17.8 Å². The van der Waals surface area contributed by atoms with Gasteiger partial charge in [-0.05, 0) is 42.5 Å². The Labute approximate surface area is 168 Å². The van der Waals surface area contributed by atoms with E-state index in [4.69, 9.17) is 0 Å². The highest BCUT2D eigenvalue weighted by Gasteiger charge is 2.44. The summed E-state index contributed by atoms with van der Waals surface area (Å²) in [5, 5.41) is 3.57. The lowest BCUT2D eigenvalue weighted by Crippen LogP contribution is -2.27. The molecular formula is C24H21F3N2. The van der Waals surface area contributed by atoms with Crippen LogP contribution in [0.25, 0.3) is 16.8 Å². The van der Waals surface area contributed by atoms with Gasteiger partial charge in [-0.25, -0.2) is 0 Å². The van der Waals surface area contributed by atoms with Gasteiger partial charge in [0.05, 0.1) is 5.54 Å². The molecule has 1 N–H and O–H groups in total. The fourth-order valence-electron chi connectivity index (χ4n) is 3.44. The van der Waals surface area contributed by atoms with E-state index in [1.807, 2.05) is 24.3 Å². The minimum absolute atomic E-state index is 0.126. The van der Waals surface area contributed by atoms with Crippen LogP contribution in [-0.2, 0) is 11.7 Å². The second kappa shape index (κ2) is 7.07. The minimum Gasteiger partial charge on any atom is -0.376 e. The average molecular weight is 394 g/mol. The van der Waals surface area contributed by atoms with Gasteiger partial charge in [0.2, 0.25) is 0 Å². The zero-order valence-corrected chi connectivity index (χ0v) is 16.1. The maximum Gasteiger partial charge on any atom is 0.433 e. The summed E-state index contributed by atoms with van der Waals surface area (Å²) in [7, 11) is 0. The highest BCUT2D eigenvalue weighted by molar-refractivity contribution is 5.65. The number of aromatic nitrogens is 1. The van der Waals surface area contributed by atoms with Gasteiger partial charge in [0.25, 0.3) is 0 Å². The molecule has 0 atom stereocenters. The highest BCUT2D eigenvalue weighted by Crippen LogP contribution is 2.47. The molecule has 1 saturated carbocycles. The van der Waals surface area contributed by atoms with E-state index >= 15 is 0 Å². The third kappa shape index (κ3) is 4.04. The molecule has 2 aromatic carbocycles. The van der Waals surface area contributed by atoms with Crippen molar-refractivity contribution in [2.45, 2.75) is 31.5 Å². The Kier molecular flexibility index (Phi) is 4.69. The summed E-state index contributed by atoms with van der Waals surface area (Å²) in [6, 6.07) is 18.6. The molecule has 5 heteroatoms. The molecular weight excluding hydrogens is 373 g/mol. The average Bonchev–Trinajstić information content (AvgIpc) is 3.48. The van der Waals surface area contributed by atoms with Crippen molar-refractivity contribution in [1.29, 1.82) is 0 Å². The van der Waals surface area contributed by atoms with Crippen LogP contribution in [0.15, 0.2) is 73.4 Å². The Morgan fingerprint density at radius 2 is 1.55 bits per heavy atom. The van der Waals surface area contributed by atoms with E-state index in [1.54, 1.807) is 0 Å². The molecule has 29 heavy (non-hydrogen) atoms. The van der Waals surface area contributed by atoms with Crippen molar-refractivity contribution in [3.63, 3.8) is 0 Å². The normalized spacial score (nSPS) is 15.0. The largest absolute Gasteiger partial charge is 0.433 e. The first-order chi connectivity index (χ1) is 13.8. The molecule has 3 aromatic rings. The summed E-state index contributed by atoms with van der Waals surface area (Å²) in [6.07, 6.45) is -1.13. The van der Waals surface area contributed by atoms with Crippen molar-refractivity contribution < 1.29 is 13.2 Å². The van der Waals surface area contributed by atoms with Crippen LogP contribution in [0.1, 0.15) is 35.2 Å². The van der Waals surface area contributed by atoms with E-state index in [2.05, 4.69) is 48.1 Å². The number of hydrogen-bond acceptors (Lipinski definition) is 2. The van der Waals surface area contributed by atoms with Crippen LogP contribution in [0, 0.1) is 6.92 Å². The van der Waals surface area contributed by atoms with Gasteiger partial charge in [-0.3, -0.25) is 4.98 Å². The summed E-state index contributed by atoms with van der Waals surface area (Å²) in [6.45, 7) is 6.24. The molecule has 0 spiro atoms. The summed E-state index contributed by atoms with van der Waals surface area (Å²) >= 11 is 0. The zero-order valence-electron chi connectivity index (χ0n) is 16.1. The molecule has 1 aliphatic carbocycles. The highest BCUT2D eigenvalue weighted by atomic mass is 19.4. The van der Waals surface area contributed by atoms with Crippen molar-refractivity contribution >= 4 is 5.70 Å². The van der Waals surface area contributed by atoms with Crippen molar-refractivity contribution in [3.8, 4) is 11.1 Å². The summed E-state index contributed by atoms with van der Waals surface area (Å²) in [4.78, 5) is 3.54. The third-order valence-corrected chi connectivity index (χ3v) is 5.36. The number of nitrogens with one attached hydrogen (secondary N) is 1. The Balaban J connectivity index is 1.50. The van der Waals surface area contributed by atoms with Gasteiger partial charge >= 0.3 is 6.18 Å². The van der Waals surface area contributed by atoms with Crippen LogP contribution >= 0.6 is 0 Å². The smallest absolute Gasteiger partial charge is 0.376 e. The first-order valence-electron chi connectivity index (χ1n) is 9.45. The summed E-state index contributed by atoms with van der Waals surface area (Å²) in [5.41, 5.74) is 4.79. The zero-order chi connectivity index (χ0) is 20.6. The maximum absolute atomic E-state index is 12.7. The lowest BCUT2D eigenvalue weighted by Gasteiger charge is -2.21. The van der Waals surface area contributed by atoms with Gasteiger partial charge in [0, 0.05) is 17.5 Å². The molecule has 4 rings (SSSR count). The van der Waals surface area contributed by atoms with Crippen LogP contribution in [-0.4, -0.2) is 4.98 Å². The SMILES string of the molecule is C=C(NC1(c2ccc(-c3ccc(C(F)(F)F)nc3)cc2)CC1)c1ccc(C)cc1. The van der Waals surface area contributed by atoms with Gasteiger partial charge in [0.15, 0.2) is 0 Å². The van der Waals surface area contributed by atoms with Crippen molar-refractivity contribution in [2.75, 3.05) is 0 Å². The lowest BCUT2D eigenvalue weighted by molar-refractivity contribution is -0.141. The lowest BCUT2D eigenvalue weighted by atomic mass is 9.99. The maximum atomic E-state index is 12.7. The second-order valence-corrected chi connectivity index (χ2v) is 7.56. The first-order valence-corrected chi connectivity index (χ1v) is 9.45. The Morgan fingerprint density at radius 3 is 2.07 bits per heavy atom. The van der Waals surface area contributed by atoms with E-state index in [9.17, 15) is 13.2 Å². The summed E-state index contributed by atoms with van der Waals surface area (Å²) < 4.78 is 38.0. The molecule has 2 nitrogen and oxygen atoms in total. The van der Waals surface area contributed by atoms with Gasteiger partial charge in [-0.15, -0.1) is 0 Å². The van der Waals surface area contributed by atoms with Gasteiger partial charge < -0.3 is 5.32 Å². The predicted octanol–water partition coefficient (Wildman–Crippen LogP) is 6.33. The number of alkyl halides is 3. The van der Waals surface area contributed by atoms with Gasteiger partial charge in [0.1, 0.15) is 5.69 Å². The molecule has 1 fully saturated rings. The quantitative estimate of drug-likeness (QED) is 0.547. The van der Waals surface area contributed by atoms with Crippen molar-refractivity contribution in [2.24, 2.45) is 0 Å². The van der Waals surface area contributed by atoms with Crippen LogP contribution in [0.4, 0.5) is 13.2 Å². The number of nitrogens with zero attached hydrogens (tertiary/aromatic N) is 1. The number of halogens is 3. The molecule has 0 aliphatic heterocycles. The van der Waals surface area contributed by atoms with E-state index in [-0.39, 0.29) is 5.54 Å². The third-order valence-electron chi connectivity index (χ3n) is 5.36. The molecule has 0 bridgehead atoms. The molecule has 0 saturated heterocycles. The first kappa shape index (κ1) is 19.2. The molecule has 0 unspecified atom stereocenters. The molecule has 1 aliphatic rings. The number of hydrogen-bond donors (Lipinski definition) is 1. The van der Waals surface area contributed by atoms with E-state index < -0.39 is 11.9 Å². The number of aryl methyl sites for hydroxylation is 1. The van der Waals surface area contributed by atoms with E-state index in [0.29, 0.717) is 5.56 Å². The van der Waals surface area contributed by atoms with Crippen LogP contribution < -0.4 is 5.32 Å². The molecule has 0 radical (unpaired) electrons. The van der Waals surface area contributed by atoms with Crippen molar-refractivity contribution in [3.05, 3.63) is 95.8 Å². The van der Waals surface area contributed by atoms with Gasteiger partial charge in [-0.2, -0.15) is 13.2 Å². The Morgan fingerprint density at radius 1 is 0.931 bits per heavy atom. The van der Waals surface area contributed by atoms with Crippen LogP contribution in [0.5, 0.6) is 0 Å².